The number of halogens is 2. The van der Waals surface area contributed by atoms with Crippen LogP contribution in [0.2, 0.25) is 5.02 Å². The van der Waals surface area contributed by atoms with Crippen molar-refractivity contribution in [2.24, 2.45) is 0 Å². The van der Waals surface area contributed by atoms with Crippen molar-refractivity contribution < 1.29 is 23.5 Å². The SMILES string of the molecule is CCOc1cc(/C=C2/SC(=O)N(Cc3ccc(F)cc3Cl)C2=O)ccc1OCc1cccc2ccccc12. The molecule has 4 aromatic carbocycles. The minimum atomic E-state index is -0.484. The molecule has 5 nitrogen and oxygen atoms in total. The van der Waals surface area contributed by atoms with Crippen molar-refractivity contribution >= 4 is 51.4 Å². The van der Waals surface area contributed by atoms with Crippen LogP contribution in [0.15, 0.2) is 83.8 Å². The van der Waals surface area contributed by atoms with Crippen molar-refractivity contribution in [3.8, 4) is 11.5 Å². The summed E-state index contributed by atoms with van der Waals surface area (Å²) in [5.74, 6) is 0.201. The molecule has 1 saturated heterocycles. The zero-order valence-corrected chi connectivity index (χ0v) is 22.0. The van der Waals surface area contributed by atoms with E-state index >= 15 is 0 Å². The second kappa shape index (κ2) is 11.3. The number of hydrogen-bond acceptors (Lipinski definition) is 5. The first-order valence-corrected chi connectivity index (χ1v) is 13.2. The lowest BCUT2D eigenvalue weighted by Gasteiger charge is -2.14. The van der Waals surface area contributed by atoms with Gasteiger partial charge in [0.25, 0.3) is 11.1 Å². The fourth-order valence-electron chi connectivity index (χ4n) is 4.18. The number of ether oxygens (including phenoxy) is 2. The molecule has 4 aromatic rings. The summed E-state index contributed by atoms with van der Waals surface area (Å²) in [6, 6.07) is 23.5. The van der Waals surface area contributed by atoms with Gasteiger partial charge in [-0.1, -0.05) is 66.2 Å². The lowest BCUT2D eigenvalue weighted by molar-refractivity contribution is -0.123. The molecule has 1 aliphatic rings. The van der Waals surface area contributed by atoms with Gasteiger partial charge in [0.1, 0.15) is 12.4 Å². The van der Waals surface area contributed by atoms with Crippen molar-refractivity contribution in [1.82, 2.24) is 4.90 Å². The van der Waals surface area contributed by atoms with E-state index in [0.717, 1.165) is 39.1 Å². The van der Waals surface area contributed by atoms with Gasteiger partial charge in [-0.3, -0.25) is 14.5 Å². The standard InChI is InChI=1S/C30H23ClFNO4S/c1-2-36-27-14-19(10-13-26(27)37-18-22-8-5-7-20-6-3-4-9-24(20)22)15-28-29(34)33(30(35)38-28)17-21-11-12-23(32)16-25(21)31/h3-16H,2,17-18H2,1H3/b28-15+. The van der Waals surface area contributed by atoms with Gasteiger partial charge in [0.2, 0.25) is 0 Å². The quantitative estimate of drug-likeness (QED) is 0.210. The van der Waals surface area contributed by atoms with Gasteiger partial charge in [0, 0.05) is 5.02 Å². The highest BCUT2D eigenvalue weighted by molar-refractivity contribution is 8.18. The lowest BCUT2D eigenvalue weighted by atomic mass is 10.1. The first-order valence-electron chi connectivity index (χ1n) is 12.0. The van der Waals surface area contributed by atoms with Crippen molar-refractivity contribution in [3.63, 3.8) is 0 Å². The molecule has 0 unspecified atom stereocenters. The fraction of sp³-hybridized carbons (Fsp3) is 0.133. The Morgan fingerprint density at radius 1 is 0.921 bits per heavy atom. The molecule has 2 amide bonds. The van der Waals surface area contributed by atoms with Crippen LogP contribution in [0, 0.1) is 5.82 Å². The fourth-order valence-corrected chi connectivity index (χ4v) is 5.25. The van der Waals surface area contributed by atoms with Gasteiger partial charge in [-0.25, -0.2) is 4.39 Å². The summed E-state index contributed by atoms with van der Waals surface area (Å²) in [4.78, 5) is 26.9. The predicted molar refractivity (Wildman–Crippen MR) is 149 cm³/mol. The van der Waals surface area contributed by atoms with E-state index in [1.54, 1.807) is 18.2 Å². The van der Waals surface area contributed by atoms with Crippen LogP contribution >= 0.6 is 23.4 Å². The Bertz CT molecular complexity index is 1570. The molecule has 38 heavy (non-hydrogen) atoms. The number of thioether (sulfide) groups is 1. The summed E-state index contributed by atoms with van der Waals surface area (Å²) in [5.41, 5.74) is 2.24. The van der Waals surface area contributed by atoms with E-state index in [0.29, 0.717) is 35.8 Å². The van der Waals surface area contributed by atoms with Crippen LogP contribution in [0.3, 0.4) is 0 Å². The van der Waals surface area contributed by atoms with E-state index in [9.17, 15) is 14.0 Å². The molecule has 1 aliphatic heterocycles. The Balaban J connectivity index is 1.34. The molecular formula is C30H23ClFNO4S. The zero-order chi connectivity index (χ0) is 26.6. The Morgan fingerprint density at radius 2 is 1.74 bits per heavy atom. The molecule has 5 rings (SSSR count). The van der Waals surface area contributed by atoms with Gasteiger partial charge < -0.3 is 9.47 Å². The minimum absolute atomic E-state index is 0.0355. The number of nitrogens with zero attached hydrogens (tertiary/aromatic N) is 1. The highest BCUT2D eigenvalue weighted by atomic mass is 35.5. The van der Waals surface area contributed by atoms with Gasteiger partial charge in [0.05, 0.1) is 18.1 Å². The molecule has 0 aliphatic carbocycles. The third kappa shape index (κ3) is 5.54. The molecular weight excluding hydrogens is 525 g/mol. The second-order valence-corrected chi connectivity index (χ2v) is 9.97. The highest BCUT2D eigenvalue weighted by Crippen LogP contribution is 2.36. The Hall–Kier alpha value is -3.81. The maximum atomic E-state index is 13.4. The van der Waals surface area contributed by atoms with Crippen LogP contribution in [-0.2, 0) is 17.9 Å². The number of fused-ring (bicyclic) bond motifs is 1. The number of benzene rings is 4. The summed E-state index contributed by atoms with van der Waals surface area (Å²) < 4.78 is 25.3. The molecule has 0 N–H and O–H groups in total. The average Bonchev–Trinajstić information content (AvgIpc) is 3.17. The Labute approximate surface area is 228 Å². The third-order valence-corrected chi connectivity index (χ3v) is 7.30. The molecule has 0 radical (unpaired) electrons. The first-order chi connectivity index (χ1) is 18.4. The zero-order valence-electron chi connectivity index (χ0n) is 20.4. The summed E-state index contributed by atoms with van der Waals surface area (Å²) in [7, 11) is 0. The Morgan fingerprint density at radius 3 is 2.55 bits per heavy atom. The Kier molecular flexibility index (Phi) is 7.67. The molecule has 1 heterocycles. The van der Waals surface area contributed by atoms with Crippen molar-refractivity contribution in [2.45, 2.75) is 20.1 Å². The summed E-state index contributed by atoms with van der Waals surface area (Å²) in [6.07, 6.45) is 1.65. The molecule has 0 atom stereocenters. The summed E-state index contributed by atoms with van der Waals surface area (Å²) in [6.45, 7) is 2.65. The molecule has 0 spiro atoms. The highest BCUT2D eigenvalue weighted by Gasteiger charge is 2.35. The largest absolute Gasteiger partial charge is 0.490 e. The van der Waals surface area contributed by atoms with Gasteiger partial charge in [0.15, 0.2) is 11.5 Å². The van der Waals surface area contributed by atoms with Gasteiger partial charge >= 0.3 is 0 Å². The van der Waals surface area contributed by atoms with Crippen LogP contribution in [0.1, 0.15) is 23.6 Å². The maximum absolute atomic E-state index is 13.4. The molecule has 192 valence electrons. The molecule has 8 heteroatoms. The van der Waals surface area contributed by atoms with E-state index in [1.807, 2.05) is 37.3 Å². The van der Waals surface area contributed by atoms with E-state index in [2.05, 4.69) is 18.2 Å². The van der Waals surface area contributed by atoms with Crippen molar-refractivity contribution in [1.29, 1.82) is 0 Å². The predicted octanol–water partition coefficient (Wildman–Crippen LogP) is 7.85. The number of hydrogen-bond donors (Lipinski definition) is 0. The number of carbonyl (C=O) groups excluding carboxylic acids is 2. The van der Waals surface area contributed by atoms with Gasteiger partial charge in [-0.15, -0.1) is 0 Å². The van der Waals surface area contributed by atoms with Crippen LogP contribution in [-0.4, -0.2) is 22.7 Å². The normalized spacial score (nSPS) is 14.5. The number of imide groups is 1. The molecule has 1 fully saturated rings. The average molecular weight is 548 g/mol. The molecule has 0 aromatic heterocycles. The molecule has 0 saturated carbocycles. The van der Waals surface area contributed by atoms with Crippen LogP contribution in [0.5, 0.6) is 11.5 Å². The van der Waals surface area contributed by atoms with Gasteiger partial charge in [-0.2, -0.15) is 0 Å². The maximum Gasteiger partial charge on any atom is 0.293 e. The van der Waals surface area contributed by atoms with E-state index < -0.39 is 17.0 Å². The number of rotatable bonds is 8. The summed E-state index contributed by atoms with van der Waals surface area (Å²) >= 11 is 6.93. The van der Waals surface area contributed by atoms with Crippen molar-refractivity contribution in [3.05, 3.63) is 111 Å². The number of carbonyl (C=O) groups is 2. The lowest BCUT2D eigenvalue weighted by Crippen LogP contribution is -2.27. The van der Waals surface area contributed by atoms with Gasteiger partial charge in [-0.05, 0) is 76.5 Å². The smallest absolute Gasteiger partial charge is 0.293 e. The van der Waals surface area contributed by atoms with Crippen LogP contribution < -0.4 is 9.47 Å². The summed E-state index contributed by atoms with van der Waals surface area (Å²) in [5, 5.41) is 2.02. The second-order valence-electron chi connectivity index (χ2n) is 8.57. The van der Waals surface area contributed by atoms with E-state index in [4.69, 9.17) is 21.1 Å². The third-order valence-electron chi connectivity index (χ3n) is 6.05. The monoisotopic (exact) mass is 547 g/mol. The first kappa shape index (κ1) is 25.8. The molecule has 0 bridgehead atoms. The van der Waals surface area contributed by atoms with Crippen molar-refractivity contribution in [2.75, 3.05) is 6.61 Å². The van der Waals surface area contributed by atoms with Crippen LogP contribution in [0.25, 0.3) is 16.8 Å². The van der Waals surface area contributed by atoms with Crippen LogP contribution in [0.4, 0.5) is 9.18 Å². The topological polar surface area (TPSA) is 55.8 Å². The number of amides is 2. The minimum Gasteiger partial charge on any atom is -0.490 e. The van der Waals surface area contributed by atoms with E-state index in [1.165, 1.54) is 12.1 Å². The van der Waals surface area contributed by atoms with E-state index in [-0.39, 0.29) is 16.5 Å².